The lowest BCUT2D eigenvalue weighted by atomic mass is 10.2. The summed E-state index contributed by atoms with van der Waals surface area (Å²) in [5, 5.41) is 7.42. The SMILES string of the molecule is Cc1nc(-c2ccccc2F)sc1C(=O)Nc1cnn(Cc2cccc(F)c2)c1. The number of hydrogen-bond donors (Lipinski definition) is 1. The molecule has 0 radical (unpaired) electrons. The Morgan fingerprint density at radius 1 is 1.17 bits per heavy atom. The Bertz CT molecular complexity index is 1180. The normalized spacial score (nSPS) is 10.9. The Morgan fingerprint density at radius 3 is 2.79 bits per heavy atom. The molecule has 0 unspecified atom stereocenters. The van der Waals surface area contributed by atoms with Crippen LogP contribution in [-0.2, 0) is 6.54 Å². The van der Waals surface area contributed by atoms with Crippen LogP contribution in [0.2, 0.25) is 0 Å². The molecule has 2 aromatic heterocycles. The van der Waals surface area contributed by atoms with Crippen molar-refractivity contribution in [2.75, 3.05) is 5.32 Å². The summed E-state index contributed by atoms with van der Waals surface area (Å²) in [6.07, 6.45) is 3.18. The molecule has 0 fully saturated rings. The van der Waals surface area contributed by atoms with Gasteiger partial charge in [-0.15, -0.1) is 11.3 Å². The lowest BCUT2D eigenvalue weighted by molar-refractivity contribution is 0.103. The quantitative estimate of drug-likeness (QED) is 0.509. The Balaban J connectivity index is 1.49. The number of anilines is 1. The van der Waals surface area contributed by atoms with Gasteiger partial charge in [-0.3, -0.25) is 9.48 Å². The summed E-state index contributed by atoms with van der Waals surface area (Å²) >= 11 is 1.13. The maximum Gasteiger partial charge on any atom is 0.267 e. The van der Waals surface area contributed by atoms with Crippen LogP contribution in [0.5, 0.6) is 0 Å². The van der Waals surface area contributed by atoms with Crippen molar-refractivity contribution in [3.63, 3.8) is 0 Å². The molecule has 1 amide bonds. The van der Waals surface area contributed by atoms with E-state index in [4.69, 9.17) is 0 Å². The number of benzene rings is 2. The molecule has 2 heterocycles. The van der Waals surface area contributed by atoms with Gasteiger partial charge in [0.15, 0.2) is 0 Å². The van der Waals surface area contributed by atoms with E-state index in [1.807, 2.05) is 0 Å². The first-order chi connectivity index (χ1) is 14.0. The number of aryl methyl sites for hydroxylation is 1. The fourth-order valence-corrected chi connectivity index (χ4v) is 3.87. The van der Waals surface area contributed by atoms with E-state index in [9.17, 15) is 13.6 Å². The third-order valence-electron chi connectivity index (χ3n) is 4.23. The number of carbonyl (C=O) groups is 1. The molecule has 4 rings (SSSR count). The van der Waals surface area contributed by atoms with Crippen molar-refractivity contribution in [3.8, 4) is 10.6 Å². The van der Waals surface area contributed by atoms with Gasteiger partial charge in [-0.25, -0.2) is 13.8 Å². The van der Waals surface area contributed by atoms with Gasteiger partial charge in [-0.2, -0.15) is 5.10 Å². The van der Waals surface area contributed by atoms with E-state index >= 15 is 0 Å². The molecule has 0 bridgehead atoms. The topological polar surface area (TPSA) is 59.8 Å². The Kier molecular flexibility index (Phi) is 5.18. The minimum Gasteiger partial charge on any atom is -0.319 e. The van der Waals surface area contributed by atoms with Gasteiger partial charge >= 0.3 is 0 Å². The van der Waals surface area contributed by atoms with Gasteiger partial charge in [-0.1, -0.05) is 24.3 Å². The molecular weight excluding hydrogens is 394 g/mol. The van der Waals surface area contributed by atoms with E-state index < -0.39 is 0 Å². The first-order valence-corrected chi connectivity index (χ1v) is 9.62. The molecular formula is C21H16F2N4OS. The average molecular weight is 410 g/mol. The number of nitrogens with one attached hydrogen (secondary N) is 1. The minimum absolute atomic E-state index is 0.311. The number of halogens is 2. The van der Waals surface area contributed by atoms with Crippen LogP contribution in [0.4, 0.5) is 14.5 Å². The van der Waals surface area contributed by atoms with Crippen molar-refractivity contribution in [2.45, 2.75) is 13.5 Å². The summed E-state index contributed by atoms with van der Waals surface area (Å²) < 4.78 is 28.9. The fourth-order valence-electron chi connectivity index (χ4n) is 2.88. The first-order valence-electron chi connectivity index (χ1n) is 8.80. The molecule has 29 heavy (non-hydrogen) atoms. The summed E-state index contributed by atoms with van der Waals surface area (Å²) in [6.45, 7) is 2.09. The molecule has 5 nitrogen and oxygen atoms in total. The summed E-state index contributed by atoms with van der Waals surface area (Å²) in [5.74, 6) is -1.03. The van der Waals surface area contributed by atoms with Crippen molar-refractivity contribution in [2.24, 2.45) is 0 Å². The zero-order valence-corrected chi connectivity index (χ0v) is 16.2. The van der Waals surface area contributed by atoms with Crippen molar-refractivity contribution in [1.29, 1.82) is 0 Å². The van der Waals surface area contributed by atoms with Gasteiger partial charge in [0.05, 0.1) is 24.1 Å². The number of hydrogen-bond acceptors (Lipinski definition) is 4. The predicted molar refractivity (Wildman–Crippen MR) is 108 cm³/mol. The minimum atomic E-state index is -0.383. The smallest absolute Gasteiger partial charge is 0.267 e. The number of rotatable bonds is 5. The largest absolute Gasteiger partial charge is 0.319 e. The second-order valence-electron chi connectivity index (χ2n) is 6.42. The summed E-state index contributed by atoms with van der Waals surface area (Å²) in [5.41, 5.74) is 2.16. The summed E-state index contributed by atoms with van der Waals surface area (Å²) in [7, 11) is 0. The van der Waals surface area contributed by atoms with Crippen molar-refractivity contribution >= 4 is 22.9 Å². The number of aromatic nitrogens is 3. The predicted octanol–water partition coefficient (Wildman–Crippen LogP) is 4.89. The molecule has 0 saturated carbocycles. The highest BCUT2D eigenvalue weighted by atomic mass is 32.1. The molecule has 0 aliphatic heterocycles. The van der Waals surface area contributed by atoms with E-state index in [1.165, 1.54) is 24.4 Å². The molecule has 146 valence electrons. The van der Waals surface area contributed by atoms with Gasteiger partial charge in [0.1, 0.15) is 21.5 Å². The van der Waals surface area contributed by atoms with Crippen LogP contribution in [0.3, 0.4) is 0 Å². The molecule has 0 spiro atoms. The number of nitrogens with zero attached hydrogens (tertiary/aromatic N) is 3. The van der Waals surface area contributed by atoms with Gasteiger partial charge in [0.25, 0.3) is 5.91 Å². The van der Waals surface area contributed by atoms with E-state index in [0.717, 1.165) is 16.9 Å². The van der Waals surface area contributed by atoms with Gasteiger partial charge in [0, 0.05) is 11.8 Å². The molecule has 2 aromatic carbocycles. The first kappa shape index (κ1) is 18.9. The molecule has 1 N–H and O–H groups in total. The van der Waals surface area contributed by atoms with Crippen LogP contribution in [0.15, 0.2) is 60.9 Å². The molecule has 0 aliphatic carbocycles. The fraction of sp³-hybridized carbons (Fsp3) is 0.0952. The molecule has 0 atom stereocenters. The zero-order chi connectivity index (χ0) is 20.4. The van der Waals surface area contributed by atoms with Crippen LogP contribution in [-0.4, -0.2) is 20.7 Å². The number of carbonyl (C=O) groups excluding carboxylic acids is 1. The highest BCUT2D eigenvalue weighted by Crippen LogP contribution is 2.30. The average Bonchev–Trinajstić information content (AvgIpc) is 3.28. The van der Waals surface area contributed by atoms with Gasteiger partial charge in [-0.05, 0) is 36.8 Å². The van der Waals surface area contributed by atoms with Crippen molar-refractivity contribution in [3.05, 3.63) is 88.7 Å². The maximum atomic E-state index is 14.0. The van der Waals surface area contributed by atoms with Crippen molar-refractivity contribution in [1.82, 2.24) is 14.8 Å². The van der Waals surface area contributed by atoms with E-state index in [1.54, 1.807) is 48.1 Å². The standard InChI is InChI=1S/C21H16F2N4OS/c1-13-19(29-21(25-13)17-7-2-3-8-18(17)23)20(28)26-16-10-24-27(12-16)11-14-5-4-6-15(22)9-14/h2-10,12H,11H2,1H3,(H,26,28). The van der Waals surface area contributed by atoms with Crippen molar-refractivity contribution < 1.29 is 13.6 Å². The third-order valence-corrected chi connectivity index (χ3v) is 5.42. The van der Waals surface area contributed by atoms with E-state index in [2.05, 4.69) is 15.4 Å². The molecule has 0 saturated heterocycles. The van der Waals surface area contributed by atoms with Crippen LogP contribution in [0.1, 0.15) is 20.9 Å². The van der Waals surface area contributed by atoms with Gasteiger partial charge in [0.2, 0.25) is 0 Å². The molecule has 0 aliphatic rings. The second kappa shape index (κ2) is 7.92. The third kappa shape index (κ3) is 4.22. The Hall–Kier alpha value is -3.39. The molecule has 4 aromatic rings. The zero-order valence-electron chi connectivity index (χ0n) is 15.4. The van der Waals surface area contributed by atoms with Crippen LogP contribution in [0.25, 0.3) is 10.6 Å². The second-order valence-corrected chi connectivity index (χ2v) is 7.42. The van der Waals surface area contributed by atoms with E-state index in [0.29, 0.717) is 33.4 Å². The summed E-state index contributed by atoms with van der Waals surface area (Å²) in [6, 6.07) is 12.6. The van der Waals surface area contributed by atoms with Crippen LogP contribution in [0, 0.1) is 18.6 Å². The Labute approximate surface area is 169 Å². The van der Waals surface area contributed by atoms with Crippen LogP contribution < -0.4 is 5.32 Å². The molecule has 8 heteroatoms. The lowest BCUT2D eigenvalue weighted by Crippen LogP contribution is -2.11. The van der Waals surface area contributed by atoms with E-state index in [-0.39, 0.29) is 17.5 Å². The van der Waals surface area contributed by atoms with Gasteiger partial charge < -0.3 is 5.32 Å². The monoisotopic (exact) mass is 410 g/mol. The maximum absolute atomic E-state index is 14.0. The lowest BCUT2D eigenvalue weighted by Gasteiger charge is -2.02. The number of thiazole rings is 1. The highest BCUT2D eigenvalue weighted by Gasteiger charge is 2.18. The summed E-state index contributed by atoms with van der Waals surface area (Å²) in [4.78, 5) is 17.4. The highest BCUT2D eigenvalue weighted by molar-refractivity contribution is 7.17. The van der Waals surface area contributed by atoms with Crippen LogP contribution >= 0.6 is 11.3 Å². The number of amides is 1. The Morgan fingerprint density at radius 2 is 2.00 bits per heavy atom.